The first-order chi connectivity index (χ1) is 10.1. The molecule has 1 N–H and O–H groups in total. The maximum Gasteiger partial charge on any atom is 0.327 e. The largest absolute Gasteiger partial charge is 0.480 e. The Kier molecular flexibility index (Phi) is 4.31. The number of carboxylic acids is 1. The van der Waals surface area contributed by atoms with Crippen LogP contribution in [0.2, 0.25) is 0 Å². The summed E-state index contributed by atoms with van der Waals surface area (Å²) in [5, 5.41) is 9.46. The molecular weight excluding hydrogens is 292 g/mol. The normalized spacial score (nSPS) is 28.7. The molecule has 2 unspecified atom stereocenters. The highest BCUT2D eigenvalue weighted by atomic mass is 32.2. The second-order valence-corrected chi connectivity index (χ2v) is 7.17. The number of ether oxygens (including phenoxy) is 1. The van der Waals surface area contributed by atoms with E-state index < -0.39 is 12.0 Å². The number of hydrogen-bond acceptors (Lipinski definition) is 4. The Hall–Kier alpha value is -0.950. The van der Waals surface area contributed by atoms with Gasteiger partial charge in [-0.3, -0.25) is 4.90 Å². The first-order valence-electron chi connectivity index (χ1n) is 7.55. The quantitative estimate of drug-likeness (QED) is 0.803. The fraction of sp³-hybridized carbons (Fsp3) is 0.857. The fourth-order valence-electron chi connectivity index (χ4n) is 2.86. The lowest BCUT2D eigenvalue weighted by molar-refractivity contribution is -0.141. The molecule has 7 heteroatoms. The zero-order chi connectivity index (χ0) is 15.0. The second kappa shape index (κ2) is 6.04. The van der Waals surface area contributed by atoms with Crippen molar-refractivity contribution in [1.82, 2.24) is 9.80 Å². The molecule has 0 spiro atoms. The molecule has 2 atom stereocenters. The summed E-state index contributed by atoms with van der Waals surface area (Å²) in [7, 11) is 1.62. The monoisotopic (exact) mass is 314 g/mol. The van der Waals surface area contributed by atoms with E-state index in [4.69, 9.17) is 4.74 Å². The fourth-order valence-corrected chi connectivity index (χ4v) is 4.49. The van der Waals surface area contributed by atoms with E-state index in [1.807, 2.05) is 4.90 Å². The summed E-state index contributed by atoms with van der Waals surface area (Å²) in [4.78, 5) is 27.8. The lowest BCUT2D eigenvalue weighted by Crippen LogP contribution is -2.53. The third-order valence-electron chi connectivity index (χ3n) is 4.34. The molecular formula is C14H22N2O4S. The Morgan fingerprint density at radius 3 is 2.57 bits per heavy atom. The number of thioether (sulfide) groups is 1. The van der Waals surface area contributed by atoms with Crippen LogP contribution >= 0.6 is 11.8 Å². The van der Waals surface area contributed by atoms with Gasteiger partial charge in [0.1, 0.15) is 6.04 Å². The van der Waals surface area contributed by atoms with E-state index in [2.05, 4.69) is 0 Å². The Morgan fingerprint density at radius 2 is 2.05 bits per heavy atom. The molecule has 1 aliphatic heterocycles. The Labute approximate surface area is 128 Å². The maximum absolute atomic E-state index is 12.9. The zero-order valence-corrected chi connectivity index (χ0v) is 13.1. The number of amides is 2. The number of carbonyl (C=O) groups is 2. The van der Waals surface area contributed by atoms with Gasteiger partial charge in [-0.1, -0.05) is 0 Å². The van der Waals surface area contributed by atoms with E-state index in [1.54, 1.807) is 23.8 Å². The Balaban J connectivity index is 1.75. The van der Waals surface area contributed by atoms with Gasteiger partial charge in [-0.2, -0.15) is 0 Å². The van der Waals surface area contributed by atoms with E-state index in [9.17, 15) is 14.7 Å². The zero-order valence-electron chi connectivity index (χ0n) is 12.2. The third-order valence-corrected chi connectivity index (χ3v) is 5.80. The van der Waals surface area contributed by atoms with E-state index >= 15 is 0 Å². The molecule has 0 aromatic carbocycles. The highest BCUT2D eigenvalue weighted by molar-refractivity contribution is 8.00. The van der Waals surface area contributed by atoms with E-state index in [0.717, 1.165) is 25.7 Å². The minimum absolute atomic E-state index is 0.0439. The third kappa shape index (κ3) is 3.13. The molecule has 118 valence electrons. The van der Waals surface area contributed by atoms with Gasteiger partial charge >= 0.3 is 12.0 Å². The molecule has 3 rings (SSSR count). The maximum atomic E-state index is 12.9. The van der Waals surface area contributed by atoms with Crippen LogP contribution in [0, 0.1) is 5.92 Å². The van der Waals surface area contributed by atoms with Gasteiger partial charge in [0, 0.05) is 25.4 Å². The lowest BCUT2D eigenvalue weighted by atomic mass is 10.2. The van der Waals surface area contributed by atoms with Gasteiger partial charge < -0.3 is 14.7 Å². The Bertz CT molecular complexity index is 425. The van der Waals surface area contributed by atoms with Crippen molar-refractivity contribution in [1.29, 1.82) is 0 Å². The number of nitrogens with zero attached hydrogens (tertiary/aromatic N) is 2. The number of carbonyl (C=O) groups excluding carboxylic acids is 1. The summed E-state index contributed by atoms with van der Waals surface area (Å²) >= 11 is 1.63. The van der Waals surface area contributed by atoms with Crippen LogP contribution in [0.4, 0.5) is 4.79 Å². The molecule has 0 radical (unpaired) electrons. The first kappa shape index (κ1) is 15.0. The first-order valence-corrected chi connectivity index (χ1v) is 8.60. The van der Waals surface area contributed by atoms with Crippen LogP contribution in [-0.2, 0) is 9.53 Å². The van der Waals surface area contributed by atoms with Crippen molar-refractivity contribution in [3.05, 3.63) is 0 Å². The van der Waals surface area contributed by atoms with Crippen molar-refractivity contribution in [2.24, 2.45) is 5.92 Å². The number of aliphatic carboxylic acids is 1. The summed E-state index contributed by atoms with van der Waals surface area (Å²) < 4.78 is 5.09. The van der Waals surface area contributed by atoms with E-state index in [-0.39, 0.29) is 17.4 Å². The summed E-state index contributed by atoms with van der Waals surface area (Å²) in [6.45, 7) is 1.04. The van der Waals surface area contributed by atoms with Crippen molar-refractivity contribution in [2.75, 3.05) is 26.0 Å². The van der Waals surface area contributed by atoms with Crippen LogP contribution in [0.1, 0.15) is 25.7 Å². The van der Waals surface area contributed by atoms with Crippen LogP contribution < -0.4 is 0 Å². The minimum atomic E-state index is -0.888. The van der Waals surface area contributed by atoms with Crippen molar-refractivity contribution in [2.45, 2.75) is 43.1 Å². The molecule has 6 nitrogen and oxygen atoms in total. The van der Waals surface area contributed by atoms with Crippen molar-refractivity contribution in [3.63, 3.8) is 0 Å². The highest BCUT2D eigenvalue weighted by Crippen LogP contribution is 2.46. The molecule has 0 aromatic heterocycles. The predicted octanol–water partition coefficient (Wildman–Crippen LogP) is 1.46. The molecule has 1 saturated heterocycles. The number of hydrogen-bond donors (Lipinski definition) is 1. The van der Waals surface area contributed by atoms with Crippen LogP contribution in [0.15, 0.2) is 0 Å². The van der Waals surface area contributed by atoms with E-state index in [1.165, 1.54) is 0 Å². The van der Waals surface area contributed by atoms with Gasteiger partial charge in [-0.15, -0.1) is 11.8 Å². The number of urea groups is 1. The molecule has 0 bridgehead atoms. The molecule has 3 fully saturated rings. The van der Waals surface area contributed by atoms with Gasteiger partial charge in [0.15, 0.2) is 0 Å². The predicted molar refractivity (Wildman–Crippen MR) is 79.2 cm³/mol. The van der Waals surface area contributed by atoms with Gasteiger partial charge in [-0.25, -0.2) is 9.59 Å². The SMILES string of the molecule is COCCN(C(=O)N1C(C(=O)O)CSC1C1CC1)C1CC1. The average molecular weight is 314 g/mol. The number of methoxy groups -OCH3 is 1. The number of carboxylic acid groups (broad SMARTS) is 1. The molecule has 3 aliphatic rings. The minimum Gasteiger partial charge on any atom is -0.480 e. The standard InChI is InChI=1S/C14H22N2O4S/c1-20-7-6-15(10-4-5-10)14(19)16-11(13(17)18)8-21-12(16)9-2-3-9/h9-12H,2-8H2,1H3,(H,17,18). The molecule has 1 heterocycles. The summed E-state index contributed by atoms with van der Waals surface area (Å²) in [6.07, 6.45) is 4.25. The Morgan fingerprint density at radius 1 is 1.33 bits per heavy atom. The highest BCUT2D eigenvalue weighted by Gasteiger charge is 2.50. The molecule has 2 amide bonds. The molecule has 2 aliphatic carbocycles. The van der Waals surface area contributed by atoms with Crippen LogP contribution in [0.5, 0.6) is 0 Å². The summed E-state index contributed by atoms with van der Waals surface area (Å²) in [6, 6.07) is -0.520. The van der Waals surface area contributed by atoms with Crippen LogP contribution in [0.3, 0.4) is 0 Å². The van der Waals surface area contributed by atoms with Crippen LogP contribution in [-0.4, -0.2) is 70.4 Å². The second-order valence-electron chi connectivity index (χ2n) is 6.02. The average Bonchev–Trinajstić information content (AvgIpc) is 3.37. The smallest absolute Gasteiger partial charge is 0.327 e. The molecule has 2 saturated carbocycles. The van der Waals surface area contributed by atoms with Crippen molar-refractivity contribution in [3.8, 4) is 0 Å². The summed E-state index contributed by atoms with van der Waals surface area (Å²) in [5.74, 6) is 0.0960. The van der Waals surface area contributed by atoms with Crippen molar-refractivity contribution < 1.29 is 19.4 Å². The van der Waals surface area contributed by atoms with Gasteiger partial charge in [-0.05, 0) is 31.6 Å². The number of rotatable bonds is 6. The topological polar surface area (TPSA) is 70.1 Å². The van der Waals surface area contributed by atoms with Gasteiger partial charge in [0.25, 0.3) is 0 Å². The van der Waals surface area contributed by atoms with Gasteiger partial charge in [0.2, 0.25) is 0 Å². The lowest BCUT2D eigenvalue weighted by Gasteiger charge is -2.33. The molecule has 0 aromatic rings. The van der Waals surface area contributed by atoms with Crippen molar-refractivity contribution >= 4 is 23.8 Å². The van der Waals surface area contributed by atoms with Gasteiger partial charge in [0.05, 0.1) is 12.0 Å². The molecule has 21 heavy (non-hydrogen) atoms. The summed E-state index contributed by atoms with van der Waals surface area (Å²) in [5.41, 5.74) is 0. The van der Waals surface area contributed by atoms with Crippen LogP contribution in [0.25, 0.3) is 0 Å². The van der Waals surface area contributed by atoms with E-state index in [0.29, 0.717) is 24.8 Å².